The van der Waals surface area contributed by atoms with Crippen molar-refractivity contribution in [2.45, 2.75) is 11.1 Å². The standard InChI is InChI=1S/C16H12F4N6O3S/c17-10-2-1-3-13(8-10)30(28,29)24-11-4-6-12(7-5-11)26-23-14(22-25-26)15(27)21-9-16(18,19)20/h1-8,24H,9H2,(H,21,27). The first kappa shape index (κ1) is 21.2. The Balaban J connectivity index is 1.70. The van der Waals surface area contributed by atoms with Crippen molar-refractivity contribution in [3.8, 4) is 5.69 Å². The van der Waals surface area contributed by atoms with Gasteiger partial charge in [0.25, 0.3) is 21.8 Å². The van der Waals surface area contributed by atoms with Gasteiger partial charge in [-0.25, -0.2) is 12.8 Å². The molecular weight excluding hydrogens is 432 g/mol. The molecule has 14 heteroatoms. The highest BCUT2D eigenvalue weighted by molar-refractivity contribution is 7.92. The van der Waals surface area contributed by atoms with Crippen LogP contribution in [0.3, 0.4) is 0 Å². The van der Waals surface area contributed by atoms with Crippen LogP contribution in [0.15, 0.2) is 53.4 Å². The number of halogens is 4. The fourth-order valence-corrected chi connectivity index (χ4v) is 3.27. The van der Waals surface area contributed by atoms with Crippen LogP contribution in [0.5, 0.6) is 0 Å². The lowest BCUT2D eigenvalue weighted by Gasteiger charge is -2.08. The van der Waals surface area contributed by atoms with Gasteiger partial charge in [-0.3, -0.25) is 9.52 Å². The van der Waals surface area contributed by atoms with E-state index in [9.17, 15) is 30.8 Å². The highest BCUT2D eigenvalue weighted by Crippen LogP contribution is 2.18. The van der Waals surface area contributed by atoms with Crippen molar-refractivity contribution in [2.75, 3.05) is 11.3 Å². The number of aromatic nitrogens is 4. The van der Waals surface area contributed by atoms with Crippen LogP contribution in [0.2, 0.25) is 0 Å². The van der Waals surface area contributed by atoms with Crippen LogP contribution in [-0.2, 0) is 10.0 Å². The quantitative estimate of drug-likeness (QED) is 0.561. The summed E-state index contributed by atoms with van der Waals surface area (Å²) in [6.45, 7) is -1.54. The molecule has 3 rings (SSSR count). The van der Waals surface area contributed by atoms with Crippen LogP contribution in [0.4, 0.5) is 23.2 Å². The van der Waals surface area contributed by atoms with Crippen LogP contribution < -0.4 is 10.0 Å². The van der Waals surface area contributed by atoms with E-state index in [1.54, 1.807) is 5.32 Å². The van der Waals surface area contributed by atoms with Crippen LogP contribution in [-0.4, -0.2) is 47.3 Å². The number of tetrazole rings is 1. The van der Waals surface area contributed by atoms with Gasteiger partial charge in [0.2, 0.25) is 0 Å². The summed E-state index contributed by atoms with van der Waals surface area (Å²) < 4.78 is 76.5. The van der Waals surface area contributed by atoms with Crippen molar-refractivity contribution < 1.29 is 30.8 Å². The first-order valence-corrected chi connectivity index (χ1v) is 9.56. The zero-order chi connectivity index (χ0) is 21.9. The van der Waals surface area contributed by atoms with Crippen molar-refractivity contribution in [3.05, 3.63) is 60.2 Å². The summed E-state index contributed by atoms with van der Waals surface area (Å²) in [6.07, 6.45) is -4.58. The first-order valence-electron chi connectivity index (χ1n) is 8.07. The number of rotatable bonds is 6. The molecule has 0 aliphatic heterocycles. The van der Waals surface area contributed by atoms with E-state index in [1.807, 2.05) is 0 Å². The smallest absolute Gasteiger partial charge is 0.340 e. The predicted octanol–water partition coefficient (Wildman–Crippen LogP) is 1.89. The molecular formula is C16H12F4N6O3S. The van der Waals surface area contributed by atoms with Gasteiger partial charge in [-0.2, -0.15) is 13.2 Å². The van der Waals surface area contributed by atoms with Gasteiger partial charge in [0.1, 0.15) is 12.4 Å². The van der Waals surface area contributed by atoms with Gasteiger partial charge in [0, 0.05) is 5.69 Å². The fraction of sp³-hybridized carbons (Fsp3) is 0.125. The van der Waals surface area contributed by atoms with E-state index < -0.39 is 40.3 Å². The lowest BCUT2D eigenvalue weighted by atomic mass is 10.3. The van der Waals surface area contributed by atoms with Gasteiger partial charge >= 0.3 is 6.18 Å². The number of amides is 1. The molecule has 0 fully saturated rings. The number of nitrogens with zero attached hydrogens (tertiary/aromatic N) is 4. The molecule has 2 N–H and O–H groups in total. The summed E-state index contributed by atoms with van der Waals surface area (Å²) in [5.41, 5.74) is 0.400. The molecule has 0 aliphatic rings. The molecule has 0 unspecified atom stereocenters. The minimum atomic E-state index is -4.58. The number of hydrogen-bond acceptors (Lipinski definition) is 6. The van der Waals surface area contributed by atoms with Crippen molar-refractivity contribution in [1.29, 1.82) is 0 Å². The Bertz CT molecular complexity index is 1160. The first-order chi connectivity index (χ1) is 14.0. The van der Waals surface area contributed by atoms with Crippen molar-refractivity contribution in [1.82, 2.24) is 25.5 Å². The van der Waals surface area contributed by atoms with Crippen LogP contribution in [0, 0.1) is 5.82 Å². The van der Waals surface area contributed by atoms with E-state index in [0.29, 0.717) is 0 Å². The number of anilines is 1. The van der Waals surface area contributed by atoms with Gasteiger partial charge in [0.05, 0.1) is 10.6 Å². The molecule has 0 aliphatic carbocycles. The zero-order valence-electron chi connectivity index (χ0n) is 14.8. The molecule has 9 nitrogen and oxygen atoms in total. The number of nitrogens with one attached hydrogen (secondary N) is 2. The number of hydrogen-bond donors (Lipinski definition) is 2. The second-order valence-electron chi connectivity index (χ2n) is 5.81. The van der Waals surface area contributed by atoms with E-state index in [1.165, 1.54) is 36.4 Å². The summed E-state index contributed by atoms with van der Waals surface area (Å²) in [6, 6.07) is 9.90. The largest absolute Gasteiger partial charge is 0.405 e. The summed E-state index contributed by atoms with van der Waals surface area (Å²) in [7, 11) is -4.02. The summed E-state index contributed by atoms with van der Waals surface area (Å²) in [5.74, 6) is -2.44. The topological polar surface area (TPSA) is 119 Å². The van der Waals surface area contributed by atoms with Gasteiger partial charge in [-0.05, 0) is 47.7 Å². The monoisotopic (exact) mass is 444 g/mol. The second kappa shape index (κ2) is 8.06. The maximum absolute atomic E-state index is 13.2. The Labute approximate surface area is 166 Å². The molecule has 0 bridgehead atoms. The van der Waals surface area contributed by atoms with E-state index in [2.05, 4.69) is 20.1 Å². The Morgan fingerprint density at radius 1 is 1.10 bits per heavy atom. The lowest BCUT2D eigenvalue weighted by molar-refractivity contribution is -0.123. The van der Waals surface area contributed by atoms with Gasteiger partial charge in [-0.1, -0.05) is 6.07 Å². The van der Waals surface area contributed by atoms with Crippen LogP contribution >= 0.6 is 0 Å². The van der Waals surface area contributed by atoms with Crippen molar-refractivity contribution in [2.24, 2.45) is 0 Å². The minimum absolute atomic E-state index is 0.145. The Hall–Kier alpha value is -3.55. The molecule has 158 valence electrons. The normalized spacial score (nSPS) is 11.9. The third kappa shape index (κ3) is 5.28. The number of sulfonamides is 1. The molecule has 2 aromatic carbocycles. The molecule has 0 radical (unpaired) electrons. The van der Waals surface area contributed by atoms with E-state index in [0.717, 1.165) is 16.9 Å². The SMILES string of the molecule is O=C(NCC(F)(F)F)c1nnn(-c2ccc(NS(=O)(=O)c3cccc(F)c3)cc2)n1. The zero-order valence-corrected chi connectivity index (χ0v) is 15.6. The Morgan fingerprint density at radius 2 is 1.80 bits per heavy atom. The van der Waals surface area contributed by atoms with Gasteiger partial charge in [-0.15, -0.1) is 15.0 Å². The third-order valence-corrected chi connectivity index (χ3v) is 4.90. The molecule has 1 heterocycles. The van der Waals surface area contributed by atoms with E-state index in [-0.39, 0.29) is 16.3 Å². The number of alkyl halides is 3. The highest BCUT2D eigenvalue weighted by Gasteiger charge is 2.28. The molecule has 0 atom stereocenters. The van der Waals surface area contributed by atoms with Gasteiger partial charge in [0.15, 0.2) is 0 Å². The average molecular weight is 444 g/mol. The third-order valence-electron chi connectivity index (χ3n) is 3.52. The minimum Gasteiger partial charge on any atom is -0.340 e. The summed E-state index contributed by atoms with van der Waals surface area (Å²) >= 11 is 0. The second-order valence-corrected chi connectivity index (χ2v) is 7.49. The van der Waals surface area contributed by atoms with Crippen molar-refractivity contribution in [3.63, 3.8) is 0 Å². The van der Waals surface area contributed by atoms with E-state index in [4.69, 9.17) is 0 Å². The molecule has 3 aromatic rings. The van der Waals surface area contributed by atoms with E-state index >= 15 is 0 Å². The number of carbonyl (C=O) groups excluding carboxylic acids is 1. The predicted molar refractivity (Wildman–Crippen MR) is 94.8 cm³/mol. The maximum Gasteiger partial charge on any atom is 0.405 e. The van der Waals surface area contributed by atoms with Crippen LogP contribution in [0.1, 0.15) is 10.6 Å². The summed E-state index contributed by atoms with van der Waals surface area (Å²) in [5, 5.41) is 12.2. The molecule has 30 heavy (non-hydrogen) atoms. The molecule has 1 aromatic heterocycles. The molecule has 0 saturated heterocycles. The van der Waals surface area contributed by atoms with Crippen molar-refractivity contribution >= 4 is 21.6 Å². The number of carbonyl (C=O) groups is 1. The van der Waals surface area contributed by atoms with Gasteiger partial charge < -0.3 is 5.32 Å². The average Bonchev–Trinajstić information content (AvgIpc) is 3.16. The van der Waals surface area contributed by atoms with Crippen LogP contribution in [0.25, 0.3) is 5.69 Å². The molecule has 0 spiro atoms. The Morgan fingerprint density at radius 3 is 2.43 bits per heavy atom. The molecule has 1 amide bonds. The maximum atomic E-state index is 13.2. The number of benzene rings is 2. The summed E-state index contributed by atoms with van der Waals surface area (Å²) in [4.78, 5) is 12.2. The highest BCUT2D eigenvalue weighted by atomic mass is 32.2. The lowest BCUT2D eigenvalue weighted by Crippen LogP contribution is -2.34. The molecule has 0 saturated carbocycles. The Kier molecular flexibility index (Phi) is 5.69. The fourth-order valence-electron chi connectivity index (χ4n) is 2.19.